The molecule has 1 aromatic rings. The van der Waals surface area contributed by atoms with Crippen molar-refractivity contribution in [3.05, 3.63) is 24.3 Å². The van der Waals surface area contributed by atoms with Gasteiger partial charge in [-0.2, -0.15) is 0 Å². The SMILES string of the molecule is CC(NC(=O)COc1ccccc1O)[C@H]1CC2CCC1C2. The summed E-state index contributed by atoms with van der Waals surface area (Å²) in [6.45, 7) is 2.05. The molecule has 0 aromatic heterocycles. The van der Waals surface area contributed by atoms with Gasteiger partial charge in [0.05, 0.1) is 0 Å². The van der Waals surface area contributed by atoms with Crippen molar-refractivity contribution in [1.29, 1.82) is 0 Å². The molecule has 1 aromatic carbocycles. The van der Waals surface area contributed by atoms with E-state index in [1.807, 2.05) is 0 Å². The molecule has 2 saturated carbocycles. The maximum Gasteiger partial charge on any atom is 0.258 e. The average Bonchev–Trinajstić information content (AvgIpc) is 3.09. The number of fused-ring (bicyclic) bond motifs is 2. The first kappa shape index (κ1) is 14.2. The molecule has 114 valence electrons. The minimum absolute atomic E-state index is 0.0528. The Kier molecular flexibility index (Phi) is 4.04. The van der Waals surface area contributed by atoms with Gasteiger partial charge in [-0.15, -0.1) is 0 Å². The van der Waals surface area contributed by atoms with E-state index in [0.717, 1.165) is 11.8 Å². The molecule has 1 amide bonds. The van der Waals surface area contributed by atoms with Gasteiger partial charge in [-0.05, 0) is 56.1 Å². The largest absolute Gasteiger partial charge is 0.504 e. The predicted molar refractivity (Wildman–Crippen MR) is 80.1 cm³/mol. The Balaban J connectivity index is 1.47. The van der Waals surface area contributed by atoms with E-state index in [2.05, 4.69) is 12.2 Å². The van der Waals surface area contributed by atoms with Crippen LogP contribution in [-0.4, -0.2) is 23.7 Å². The Morgan fingerprint density at radius 2 is 2.19 bits per heavy atom. The smallest absolute Gasteiger partial charge is 0.258 e. The highest BCUT2D eigenvalue weighted by atomic mass is 16.5. The molecule has 2 fully saturated rings. The second-order valence-corrected chi connectivity index (χ2v) is 6.45. The van der Waals surface area contributed by atoms with E-state index in [4.69, 9.17) is 4.74 Å². The van der Waals surface area contributed by atoms with Gasteiger partial charge in [-0.25, -0.2) is 0 Å². The second-order valence-electron chi connectivity index (χ2n) is 6.45. The van der Waals surface area contributed by atoms with Crippen molar-refractivity contribution in [2.75, 3.05) is 6.61 Å². The lowest BCUT2D eigenvalue weighted by Crippen LogP contribution is -2.42. The van der Waals surface area contributed by atoms with Gasteiger partial charge in [-0.1, -0.05) is 18.6 Å². The van der Waals surface area contributed by atoms with E-state index in [0.29, 0.717) is 11.7 Å². The van der Waals surface area contributed by atoms with Crippen LogP contribution in [0.5, 0.6) is 11.5 Å². The van der Waals surface area contributed by atoms with E-state index >= 15 is 0 Å². The summed E-state index contributed by atoms with van der Waals surface area (Å²) in [6, 6.07) is 6.90. The van der Waals surface area contributed by atoms with Gasteiger partial charge in [0.1, 0.15) is 0 Å². The minimum Gasteiger partial charge on any atom is -0.504 e. The number of hydrogen-bond donors (Lipinski definition) is 2. The van der Waals surface area contributed by atoms with E-state index in [-0.39, 0.29) is 24.3 Å². The van der Waals surface area contributed by atoms with Gasteiger partial charge >= 0.3 is 0 Å². The van der Waals surface area contributed by atoms with Crippen LogP contribution in [0.1, 0.15) is 32.6 Å². The van der Waals surface area contributed by atoms with Crippen LogP contribution in [0.25, 0.3) is 0 Å². The van der Waals surface area contributed by atoms with Crippen LogP contribution in [0.2, 0.25) is 0 Å². The first-order chi connectivity index (χ1) is 10.1. The molecule has 0 spiro atoms. The summed E-state index contributed by atoms with van der Waals surface area (Å²) in [6.07, 6.45) is 5.30. The normalized spacial score (nSPS) is 28.3. The molecular weight excluding hydrogens is 266 g/mol. The molecule has 21 heavy (non-hydrogen) atoms. The fraction of sp³-hybridized carbons (Fsp3) is 0.588. The summed E-state index contributed by atoms with van der Waals surface area (Å²) in [7, 11) is 0. The van der Waals surface area contributed by atoms with Crippen molar-refractivity contribution in [3.63, 3.8) is 0 Å². The zero-order valence-corrected chi connectivity index (χ0v) is 12.4. The van der Waals surface area contributed by atoms with Crippen LogP contribution in [0.3, 0.4) is 0 Å². The van der Waals surface area contributed by atoms with Gasteiger partial charge in [-0.3, -0.25) is 4.79 Å². The highest BCUT2D eigenvalue weighted by Gasteiger charge is 2.42. The summed E-state index contributed by atoms with van der Waals surface area (Å²) in [4.78, 5) is 12.0. The highest BCUT2D eigenvalue weighted by molar-refractivity contribution is 5.77. The number of hydrogen-bond acceptors (Lipinski definition) is 3. The van der Waals surface area contributed by atoms with Crippen LogP contribution in [-0.2, 0) is 4.79 Å². The Morgan fingerprint density at radius 3 is 2.86 bits per heavy atom. The Bertz CT molecular complexity index is 517. The van der Waals surface area contributed by atoms with Crippen molar-refractivity contribution in [1.82, 2.24) is 5.32 Å². The third kappa shape index (κ3) is 3.14. The van der Waals surface area contributed by atoms with Crippen LogP contribution < -0.4 is 10.1 Å². The molecule has 4 nitrogen and oxygen atoms in total. The highest BCUT2D eigenvalue weighted by Crippen LogP contribution is 2.49. The van der Waals surface area contributed by atoms with Crippen LogP contribution >= 0.6 is 0 Å². The summed E-state index contributed by atoms with van der Waals surface area (Å²) >= 11 is 0. The maximum absolute atomic E-state index is 12.0. The monoisotopic (exact) mass is 289 g/mol. The number of phenols is 1. The van der Waals surface area contributed by atoms with E-state index < -0.39 is 0 Å². The number of phenolic OH excluding ortho intramolecular Hbond substituents is 1. The molecule has 2 aliphatic carbocycles. The van der Waals surface area contributed by atoms with Crippen LogP contribution in [0, 0.1) is 17.8 Å². The first-order valence-corrected chi connectivity index (χ1v) is 7.83. The molecule has 0 radical (unpaired) electrons. The maximum atomic E-state index is 12.0. The summed E-state index contributed by atoms with van der Waals surface area (Å²) in [5.41, 5.74) is 0. The molecule has 3 unspecified atom stereocenters. The predicted octanol–water partition coefficient (Wildman–Crippen LogP) is 2.71. The van der Waals surface area contributed by atoms with Crippen molar-refractivity contribution >= 4 is 5.91 Å². The lowest BCUT2D eigenvalue weighted by Gasteiger charge is -2.28. The van der Waals surface area contributed by atoms with Gasteiger partial charge < -0.3 is 15.2 Å². The molecule has 3 rings (SSSR count). The number of nitrogens with one attached hydrogen (secondary N) is 1. The lowest BCUT2D eigenvalue weighted by molar-refractivity contribution is -0.124. The summed E-state index contributed by atoms with van der Waals surface area (Å²) in [5, 5.41) is 12.6. The van der Waals surface area contributed by atoms with E-state index in [9.17, 15) is 9.90 Å². The van der Waals surface area contributed by atoms with Crippen molar-refractivity contribution in [2.24, 2.45) is 17.8 Å². The van der Waals surface area contributed by atoms with E-state index in [1.54, 1.807) is 24.3 Å². The third-order valence-corrected chi connectivity index (χ3v) is 5.05. The number of rotatable bonds is 5. The van der Waals surface area contributed by atoms with Crippen molar-refractivity contribution in [2.45, 2.75) is 38.6 Å². The van der Waals surface area contributed by atoms with Crippen molar-refractivity contribution in [3.8, 4) is 11.5 Å². The Morgan fingerprint density at radius 1 is 1.38 bits per heavy atom. The van der Waals surface area contributed by atoms with Crippen LogP contribution in [0.4, 0.5) is 0 Å². The molecule has 2 N–H and O–H groups in total. The number of carbonyl (C=O) groups excluding carboxylic acids is 1. The Hall–Kier alpha value is -1.71. The molecule has 0 heterocycles. The van der Waals surface area contributed by atoms with Crippen molar-refractivity contribution < 1.29 is 14.6 Å². The number of aromatic hydroxyl groups is 1. The molecule has 2 aliphatic rings. The van der Waals surface area contributed by atoms with Gasteiger partial charge in [0.15, 0.2) is 18.1 Å². The van der Waals surface area contributed by atoms with Gasteiger partial charge in [0.25, 0.3) is 5.91 Å². The lowest BCUT2D eigenvalue weighted by atomic mass is 9.84. The number of para-hydroxylation sites is 2. The van der Waals surface area contributed by atoms with Gasteiger partial charge in [0.2, 0.25) is 0 Å². The molecule has 0 aliphatic heterocycles. The molecule has 4 atom stereocenters. The molecule has 2 bridgehead atoms. The number of carbonyl (C=O) groups is 1. The summed E-state index contributed by atoms with van der Waals surface area (Å²) in [5.74, 6) is 2.60. The Labute approximate surface area is 125 Å². The first-order valence-electron chi connectivity index (χ1n) is 7.83. The zero-order valence-electron chi connectivity index (χ0n) is 12.4. The van der Waals surface area contributed by atoms with Crippen LogP contribution in [0.15, 0.2) is 24.3 Å². The third-order valence-electron chi connectivity index (χ3n) is 5.05. The minimum atomic E-state index is -0.117. The fourth-order valence-corrected chi connectivity index (χ4v) is 4.03. The fourth-order valence-electron chi connectivity index (χ4n) is 4.03. The quantitative estimate of drug-likeness (QED) is 0.876. The standard InChI is InChI=1S/C17H23NO3/c1-11(14-9-12-6-7-13(14)8-12)18-17(20)10-21-16-5-3-2-4-15(16)19/h2-5,11-14,19H,6-10H2,1H3,(H,18,20)/t11?,12?,13?,14-/m1/s1. The van der Waals surface area contributed by atoms with Gasteiger partial charge in [0, 0.05) is 6.04 Å². The molecule has 0 saturated heterocycles. The average molecular weight is 289 g/mol. The van der Waals surface area contributed by atoms with E-state index in [1.165, 1.54) is 25.7 Å². The second kappa shape index (κ2) is 5.96. The summed E-state index contributed by atoms with van der Waals surface area (Å²) < 4.78 is 5.36. The topological polar surface area (TPSA) is 58.6 Å². The molecule has 4 heteroatoms. The number of ether oxygens (including phenoxy) is 1. The molecular formula is C17H23NO3. The number of amides is 1. The zero-order chi connectivity index (χ0) is 14.8. The number of benzene rings is 1.